The minimum absolute atomic E-state index is 0.868. The Morgan fingerprint density at radius 2 is 0.895 bits per heavy atom. The first kappa shape index (κ1) is 32.8. The topological polar surface area (TPSA) is 21.3 Å². The van der Waals surface area contributed by atoms with Gasteiger partial charge in [-0.15, -0.1) is 0 Å². The first-order valence-corrected chi connectivity index (χ1v) is 19.4. The van der Waals surface area contributed by atoms with Crippen LogP contribution in [0.2, 0.25) is 0 Å². The number of rotatable bonds is 7. The van der Waals surface area contributed by atoms with Crippen LogP contribution in [0.15, 0.2) is 223 Å². The Morgan fingerprint density at radius 3 is 1.60 bits per heavy atom. The van der Waals surface area contributed by atoms with E-state index in [0.717, 1.165) is 61.4 Å². The number of benzene rings is 9. The van der Waals surface area contributed by atoms with Crippen LogP contribution < -0.4 is 4.90 Å². The molecule has 11 aromatic rings. The lowest BCUT2D eigenvalue weighted by atomic mass is 9.99. The van der Waals surface area contributed by atoms with Gasteiger partial charge in [0.1, 0.15) is 11.2 Å². The molecule has 0 aliphatic carbocycles. The highest BCUT2D eigenvalue weighted by molar-refractivity contribution is 6.18. The Labute approximate surface area is 330 Å². The molecule has 0 radical (unpaired) electrons. The lowest BCUT2D eigenvalue weighted by molar-refractivity contribution is 0.670. The van der Waals surface area contributed by atoms with Crippen molar-refractivity contribution in [1.82, 2.24) is 4.57 Å². The summed E-state index contributed by atoms with van der Waals surface area (Å²) in [5.41, 5.74) is 15.4. The van der Waals surface area contributed by atoms with Gasteiger partial charge in [0.15, 0.2) is 0 Å². The molecule has 0 aliphatic rings. The van der Waals surface area contributed by atoms with Gasteiger partial charge in [-0.1, -0.05) is 152 Å². The molecular formula is C54H36N2O. The van der Waals surface area contributed by atoms with Crippen LogP contribution in [0.25, 0.3) is 82.8 Å². The van der Waals surface area contributed by atoms with E-state index >= 15 is 0 Å². The predicted molar refractivity (Wildman–Crippen MR) is 239 cm³/mol. The lowest BCUT2D eigenvalue weighted by Crippen LogP contribution is -2.10. The molecule has 0 unspecified atom stereocenters. The summed E-state index contributed by atoms with van der Waals surface area (Å²) in [7, 11) is 0. The molecule has 0 saturated heterocycles. The second kappa shape index (κ2) is 13.6. The van der Waals surface area contributed by atoms with Gasteiger partial charge in [0.25, 0.3) is 0 Å². The van der Waals surface area contributed by atoms with Crippen LogP contribution in [0.3, 0.4) is 0 Å². The van der Waals surface area contributed by atoms with Gasteiger partial charge in [-0.2, -0.15) is 0 Å². The summed E-state index contributed by atoms with van der Waals surface area (Å²) in [6.45, 7) is 0. The Balaban J connectivity index is 1.12. The van der Waals surface area contributed by atoms with Crippen molar-refractivity contribution in [3.63, 3.8) is 0 Å². The van der Waals surface area contributed by atoms with Crippen molar-refractivity contribution >= 4 is 60.8 Å². The predicted octanol–water partition coefficient (Wildman–Crippen LogP) is 15.2. The molecule has 3 heteroatoms. The zero-order valence-corrected chi connectivity index (χ0v) is 31.1. The monoisotopic (exact) mass is 728 g/mol. The molecule has 2 heterocycles. The highest BCUT2D eigenvalue weighted by Crippen LogP contribution is 2.47. The van der Waals surface area contributed by atoms with E-state index in [4.69, 9.17) is 4.42 Å². The molecule has 0 atom stereocenters. The number of hydrogen-bond donors (Lipinski definition) is 0. The van der Waals surface area contributed by atoms with Gasteiger partial charge in [0, 0.05) is 38.8 Å². The maximum absolute atomic E-state index is 6.77. The van der Waals surface area contributed by atoms with Crippen molar-refractivity contribution < 1.29 is 4.42 Å². The molecule has 0 N–H and O–H groups in total. The van der Waals surface area contributed by atoms with Crippen LogP contribution in [0, 0.1) is 0 Å². The van der Waals surface area contributed by atoms with Gasteiger partial charge in [0.2, 0.25) is 0 Å². The summed E-state index contributed by atoms with van der Waals surface area (Å²) in [4.78, 5) is 2.40. The van der Waals surface area contributed by atoms with E-state index in [1.807, 2.05) is 6.07 Å². The van der Waals surface area contributed by atoms with E-state index in [-0.39, 0.29) is 0 Å². The molecule has 11 rings (SSSR count). The van der Waals surface area contributed by atoms with Crippen molar-refractivity contribution in [2.24, 2.45) is 0 Å². The van der Waals surface area contributed by atoms with Gasteiger partial charge in [0.05, 0.1) is 22.1 Å². The molecule has 0 fully saturated rings. The molecule has 0 amide bonds. The molecule has 268 valence electrons. The molecule has 3 nitrogen and oxygen atoms in total. The molecule has 0 aliphatic heterocycles. The van der Waals surface area contributed by atoms with Crippen molar-refractivity contribution in [3.8, 4) is 39.1 Å². The Hall–Kier alpha value is -7.62. The number of furan rings is 1. The molecule has 0 spiro atoms. The number of aromatic nitrogens is 1. The van der Waals surface area contributed by atoms with E-state index in [1.54, 1.807) is 0 Å². The second-order valence-electron chi connectivity index (χ2n) is 14.5. The van der Waals surface area contributed by atoms with Gasteiger partial charge < -0.3 is 13.9 Å². The maximum atomic E-state index is 6.77. The summed E-state index contributed by atoms with van der Waals surface area (Å²) < 4.78 is 9.14. The first-order valence-electron chi connectivity index (χ1n) is 19.4. The summed E-state index contributed by atoms with van der Waals surface area (Å²) in [5.74, 6) is 0. The quantitative estimate of drug-likeness (QED) is 0.163. The molecule has 57 heavy (non-hydrogen) atoms. The average Bonchev–Trinajstić information content (AvgIpc) is 3.84. The largest absolute Gasteiger partial charge is 0.455 e. The van der Waals surface area contributed by atoms with Crippen LogP contribution in [0.5, 0.6) is 0 Å². The van der Waals surface area contributed by atoms with E-state index < -0.39 is 0 Å². The number of hydrogen-bond acceptors (Lipinski definition) is 2. The van der Waals surface area contributed by atoms with Crippen LogP contribution in [0.4, 0.5) is 17.1 Å². The van der Waals surface area contributed by atoms with Gasteiger partial charge >= 0.3 is 0 Å². The first-order chi connectivity index (χ1) is 28.3. The van der Waals surface area contributed by atoms with E-state index in [1.165, 1.54) is 38.5 Å². The normalized spacial score (nSPS) is 11.5. The van der Waals surface area contributed by atoms with Crippen molar-refractivity contribution in [2.75, 3.05) is 4.90 Å². The molecular weight excluding hydrogens is 693 g/mol. The Bertz CT molecular complexity index is 3200. The van der Waals surface area contributed by atoms with Crippen LogP contribution in [-0.4, -0.2) is 4.57 Å². The van der Waals surface area contributed by atoms with Gasteiger partial charge in [-0.05, 0) is 94.5 Å². The molecule has 2 aromatic heterocycles. The average molecular weight is 729 g/mol. The van der Waals surface area contributed by atoms with E-state index in [2.05, 4.69) is 222 Å². The smallest absolute Gasteiger partial charge is 0.145 e. The highest BCUT2D eigenvalue weighted by Gasteiger charge is 2.23. The van der Waals surface area contributed by atoms with Crippen LogP contribution >= 0.6 is 0 Å². The lowest BCUT2D eigenvalue weighted by Gasteiger charge is -2.27. The second-order valence-corrected chi connectivity index (χ2v) is 14.5. The summed E-state index contributed by atoms with van der Waals surface area (Å²) in [6, 6.07) is 78.0. The van der Waals surface area contributed by atoms with Crippen LogP contribution in [0.1, 0.15) is 0 Å². The number of anilines is 3. The standard InChI is InChI=1S/C54H36N2O/c1-4-14-37(15-5-1)38-24-26-39(27-25-38)40-28-30-43(31-29-40)55(44-32-34-50-48(36-44)46-20-10-12-22-49(46)56(50)42-18-8-3-9-19-42)51-35-33-45(41-16-6-2-7-17-41)54-53(51)47-21-11-13-23-52(47)57-54/h1-36H. The fourth-order valence-electron chi connectivity index (χ4n) is 8.51. The third-order valence-corrected chi connectivity index (χ3v) is 11.2. The fourth-order valence-corrected chi connectivity index (χ4v) is 8.51. The van der Waals surface area contributed by atoms with Crippen molar-refractivity contribution in [3.05, 3.63) is 218 Å². The van der Waals surface area contributed by atoms with E-state index in [0.29, 0.717) is 0 Å². The molecule has 0 bridgehead atoms. The summed E-state index contributed by atoms with van der Waals surface area (Å²) in [5, 5.41) is 4.58. The zero-order valence-electron chi connectivity index (χ0n) is 31.1. The third kappa shape index (κ3) is 5.60. The maximum Gasteiger partial charge on any atom is 0.145 e. The van der Waals surface area contributed by atoms with Crippen molar-refractivity contribution in [2.45, 2.75) is 0 Å². The van der Waals surface area contributed by atoms with E-state index in [9.17, 15) is 0 Å². The molecule has 9 aromatic carbocycles. The number of nitrogens with zero attached hydrogens (tertiary/aromatic N) is 2. The SMILES string of the molecule is c1ccc(-c2ccc(-c3ccc(N(c4ccc5c(c4)c4ccccc4n5-c4ccccc4)c4ccc(-c5ccccc5)c5oc6ccccc6c45)cc3)cc2)cc1. The number of fused-ring (bicyclic) bond motifs is 6. The van der Waals surface area contributed by atoms with Gasteiger partial charge in [-0.25, -0.2) is 0 Å². The Morgan fingerprint density at radius 1 is 0.368 bits per heavy atom. The fraction of sp³-hybridized carbons (Fsp3) is 0. The third-order valence-electron chi connectivity index (χ3n) is 11.2. The zero-order chi connectivity index (χ0) is 37.7. The Kier molecular flexibility index (Phi) is 7.82. The highest BCUT2D eigenvalue weighted by atomic mass is 16.3. The minimum atomic E-state index is 0.868. The van der Waals surface area contributed by atoms with Crippen molar-refractivity contribution in [1.29, 1.82) is 0 Å². The summed E-state index contributed by atoms with van der Waals surface area (Å²) >= 11 is 0. The number of para-hydroxylation sites is 3. The summed E-state index contributed by atoms with van der Waals surface area (Å²) in [6.07, 6.45) is 0. The van der Waals surface area contributed by atoms with Crippen LogP contribution in [-0.2, 0) is 0 Å². The minimum Gasteiger partial charge on any atom is -0.455 e. The van der Waals surface area contributed by atoms with Gasteiger partial charge in [-0.3, -0.25) is 0 Å². The molecule has 0 saturated carbocycles.